The number of phosphoric ester groups is 1. The number of hydrogen-bond donors (Lipinski definition) is 5. The van der Waals surface area contributed by atoms with Crippen LogP contribution in [0.25, 0.3) is 11.0 Å². The van der Waals surface area contributed by atoms with Crippen molar-refractivity contribution in [2.75, 3.05) is 18.9 Å². The van der Waals surface area contributed by atoms with Crippen molar-refractivity contribution in [2.45, 2.75) is 12.5 Å². The number of ether oxygens (including phenoxy) is 2. The molecule has 1 fully saturated rings. The van der Waals surface area contributed by atoms with E-state index >= 15 is 0 Å². The zero-order valence-electron chi connectivity index (χ0n) is 14.4. The Morgan fingerprint density at radius 1 is 1.20 bits per heavy atom. The Hall–Kier alpha value is -1.32. The van der Waals surface area contributed by atoms with Crippen molar-refractivity contribution in [3.8, 4) is 0 Å². The summed E-state index contributed by atoms with van der Waals surface area (Å²) in [4.78, 5) is 43.0. The van der Waals surface area contributed by atoms with Crippen LogP contribution < -0.4 is 5.73 Å². The molecule has 1 aliphatic heterocycles. The van der Waals surface area contributed by atoms with Crippen LogP contribution in [-0.2, 0) is 36.3 Å². The molecule has 2 unspecified atom stereocenters. The monoisotopic (exact) mass is 494 g/mol. The fraction of sp³-hybridized carbons (Fsp3) is 0.400. The molecular formula is C10H14FN4O12P3. The normalized spacial score (nSPS) is 24.0. The van der Waals surface area contributed by atoms with E-state index < -0.39 is 48.4 Å². The van der Waals surface area contributed by atoms with Crippen LogP contribution in [0.15, 0.2) is 12.5 Å². The standard InChI is InChI=1S/C10H14FN4O12P3/c11-5-1-15(10-8(5)9(12)13-4-14-10)6-2-23-7(25-6)3-24-29(19,20)27-30(21,22)26-28(16,17)18/h1,4,6-7H,2-3H2,(H,19,20)(H,21,22)(H2,12,13,14)(H2,16,17,18)/t6-,7-/m1/s1. The molecule has 0 saturated carbocycles. The topological polar surface area (TPSA) is 235 Å². The van der Waals surface area contributed by atoms with E-state index in [1.54, 1.807) is 0 Å². The molecule has 2 aromatic heterocycles. The quantitative estimate of drug-likeness (QED) is 0.312. The molecule has 6 N–H and O–H groups in total. The highest BCUT2D eigenvalue weighted by Crippen LogP contribution is 2.66. The average Bonchev–Trinajstić information content (AvgIpc) is 3.15. The van der Waals surface area contributed by atoms with Crippen molar-refractivity contribution < 1.29 is 60.3 Å². The highest BCUT2D eigenvalue weighted by atomic mass is 31.3. The molecule has 0 aromatic carbocycles. The second-order valence-corrected chi connectivity index (χ2v) is 10.0. The maximum atomic E-state index is 14.1. The Bertz CT molecular complexity index is 1090. The van der Waals surface area contributed by atoms with Gasteiger partial charge in [-0.25, -0.2) is 28.1 Å². The summed E-state index contributed by atoms with van der Waals surface area (Å²) >= 11 is 0. The number of rotatable bonds is 8. The van der Waals surface area contributed by atoms with E-state index in [1.807, 2.05) is 0 Å². The first kappa shape index (κ1) is 23.3. The SMILES string of the molecule is Nc1ncnc2c1c(F)cn2[C@H]1CO[C@@H](COP(=O)(O)OP(=O)(O)OP(=O)(O)O)O1. The first-order valence-corrected chi connectivity index (χ1v) is 12.1. The second-order valence-electron chi connectivity index (χ2n) is 5.58. The van der Waals surface area contributed by atoms with Crippen molar-refractivity contribution in [2.24, 2.45) is 0 Å². The van der Waals surface area contributed by atoms with Crippen molar-refractivity contribution in [3.05, 3.63) is 18.3 Å². The molecule has 0 aliphatic carbocycles. The summed E-state index contributed by atoms with van der Waals surface area (Å²) in [6.07, 6.45) is -0.106. The van der Waals surface area contributed by atoms with Gasteiger partial charge in [-0.1, -0.05) is 0 Å². The minimum Gasteiger partial charge on any atom is -0.383 e. The molecule has 3 heterocycles. The molecule has 30 heavy (non-hydrogen) atoms. The smallest absolute Gasteiger partial charge is 0.383 e. The largest absolute Gasteiger partial charge is 0.490 e. The van der Waals surface area contributed by atoms with Crippen molar-refractivity contribution >= 4 is 40.3 Å². The lowest BCUT2D eigenvalue weighted by atomic mass is 10.4. The summed E-state index contributed by atoms with van der Waals surface area (Å²) in [7, 11) is -16.5. The zero-order chi connectivity index (χ0) is 22.3. The first-order chi connectivity index (χ1) is 13.8. The number of nitrogens with zero attached hydrogens (tertiary/aromatic N) is 3. The molecule has 0 radical (unpaired) electrons. The molecule has 1 saturated heterocycles. The maximum absolute atomic E-state index is 14.1. The Morgan fingerprint density at radius 3 is 2.57 bits per heavy atom. The molecule has 2 aromatic rings. The summed E-state index contributed by atoms with van der Waals surface area (Å²) in [6.45, 7) is -0.990. The highest BCUT2D eigenvalue weighted by molar-refractivity contribution is 7.66. The third kappa shape index (κ3) is 5.68. The van der Waals surface area contributed by atoms with Crippen molar-refractivity contribution in [3.63, 3.8) is 0 Å². The zero-order valence-corrected chi connectivity index (χ0v) is 17.1. The van der Waals surface area contributed by atoms with Crippen molar-refractivity contribution in [1.82, 2.24) is 14.5 Å². The fourth-order valence-corrected chi connectivity index (χ4v) is 5.42. The van der Waals surface area contributed by atoms with Gasteiger partial charge in [0, 0.05) is 6.20 Å². The summed E-state index contributed by atoms with van der Waals surface area (Å²) in [5, 5.41) is -0.0437. The molecule has 0 spiro atoms. The van der Waals surface area contributed by atoms with Crippen LogP contribution in [0.2, 0.25) is 0 Å². The van der Waals surface area contributed by atoms with Gasteiger partial charge in [-0.2, -0.15) is 8.62 Å². The summed E-state index contributed by atoms with van der Waals surface area (Å²) in [5.41, 5.74) is 5.71. The second kappa shape index (κ2) is 8.31. The summed E-state index contributed by atoms with van der Waals surface area (Å²) in [5.74, 6) is -0.817. The number of halogens is 1. The molecule has 0 bridgehead atoms. The number of aromatic nitrogens is 3. The van der Waals surface area contributed by atoms with E-state index in [2.05, 4.69) is 23.1 Å². The predicted octanol–water partition coefficient (Wildman–Crippen LogP) is 0.367. The number of fused-ring (bicyclic) bond motifs is 1. The van der Waals surface area contributed by atoms with E-state index in [0.717, 1.165) is 12.5 Å². The van der Waals surface area contributed by atoms with Crippen LogP contribution in [0.3, 0.4) is 0 Å². The molecule has 20 heteroatoms. The lowest BCUT2D eigenvalue weighted by Gasteiger charge is -2.17. The molecule has 4 atom stereocenters. The van der Waals surface area contributed by atoms with Crippen LogP contribution in [0.4, 0.5) is 10.2 Å². The van der Waals surface area contributed by atoms with Gasteiger partial charge >= 0.3 is 23.5 Å². The maximum Gasteiger partial charge on any atom is 0.490 e. The van der Waals surface area contributed by atoms with Crippen LogP contribution in [0.5, 0.6) is 0 Å². The Morgan fingerprint density at radius 2 is 1.90 bits per heavy atom. The number of nitrogens with two attached hydrogens (primary N) is 1. The number of hydrogen-bond acceptors (Lipinski definition) is 11. The first-order valence-electron chi connectivity index (χ1n) is 7.58. The lowest BCUT2D eigenvalue weighted by molar-refractivity contribution is -0.0961. The van der Waals surface area contributed by atoms with Gasteiger partial charge in [0.2, 0.25) is 0 Å². The predicted molar refractivity (Wildman–Crippen MR) is 91.6 cm³/mol. The van der Waals surface area contributed by atoms with Gasteiger partial charge in [0.15, 0.2) is 24.0 Å². The molecule has 168 valence electrons. The Balaban J connectivity index is 1.62. The minimum absolute atomic E-state index is 0.0437. The van der Waals surface area contributed by atoms with E-state index in [0.29, 0.717) is 0 Å². The van der Waals surface area contributed by atoms with Crippen LogP contribution in [0.1, 0.15) is 6.23 Å². The fourth-order valence-electron chi connectivity index (χ4n) is 2.42. The van der Waals surface area contributed by atoms with E-state index in [-0.39, 0.29) is 23.5 Å². The lowest BCUT2D eigenvalue weighted by Crippen LogP contribution is -2.17. The molecule has 0 amide bonds. The van der Waals surface area contributed by atoms with Gasteiger partial charge in [0.1, 0.15) is 18.8 Å². The minimum atomic E-state index is -5.64. The summed E-state index contributed by atoms with van der Waals surface area (Å²) in [6, 6.07) is 0. The number of anilines is 1. The molecular weight excluding hydrogens is 480 g/mol. The van der Waals surface area contributed by atoms with Gasteiger partial charge in [-0.05, 0) is 0 Å². The Kier molecular flexibility index (Phi) is 6.47. The van der Waals surface area contributed by atoms with Gasteiger partial charge in [0.05, 0.1) is 12.0 Å². The van der Waals surface area contributed by atoms with Gasteiger partial charge in [0.25, 0.3) is 0 Å². The van der Waals surface area contributed by atoms with E-state index in [9.17, 15) is 23.0 Å². The van der Waals surface area contributed by atoms with Gasteiger partial charge < -0.3 is 39.3 Å². The average molecular weight is 494 g/mol. The number of nitrogen functional groups attached to an aromatic ring is 1. The highest BCUT2D eigenvalue weighted by Gasteiger charge is 2.41. The van der Waals surface area contributed by atoms with E-state index in [4.69, 9.17) is 29.9 Å². The molecule has 1 aliphatic rings. The third-order valence-electron chi connectivity index (χ3n) is 3.43. The summed E-state index contributed by atoms with van der Waals surface area (Å²) < 4.78 is 71.0. The Labute approximate surface area is 165 Å². The van der Waals surface area contributed by atoms with Crippen LogP contribution in [-0.4, -0.2) is 53.6 Å². The molecule has 3 rings (SSSR count). The number of phosphoric acid groups is 3. The van der Waals surface area contributed by atoms with Crippen LogP contribution >= 0.6 is 23.5 Å². The van der Waals surface area contributed by atoms with Crippen molar-refractivity contribution in [1.29, 1.82) is 0 Å². The third-order valence-corrected chi connectivity index (χ3v) is 7.23. The van der Waals surface area contributed by atoms with Crippen LogP contribution in [0, 0.1) is 5.82 Å². The molecule has 16 nitrogen and oxygen atoms in total. The van der Waals surface area contributed by atoms with Gasteiger partial charge in [-0.15, -0.1) is 0 Å². The van der Waals surface area contributed by atoms with Gasteiger partial charge in [-0.3, -0.25) is 4.52 Å². The van der Waals surface area contributed by atoms with E-state index in [1.165, 1.54) is 4.57 Å².